The molecule has 0 saturated carbocycles. The van der Waals surface area contributed by atoms with Crippen molar-refractivity contribution in [2.45, 2.75) is 39.3 Å². The Balaban J connectivity index is 1.43. The molecule has 0 radical (unpaired) electrons. The highest BCUT2D eigenvalue weighted by Gasteiger charge is 2.35. The van der Waals surface area contributed by atoms with Gasteiger partial charge in [0.05, 0.1) is 28.5 Å². The van der Waals surface area contributed by atoms with Gasteiger partial charge in [0.2, 0.25) is 0 Å². The van der Waals surface area contributed by atoms with E-state index in [1.54, 1.807) is 11.5 Å². The molecule has 0 fully saturated rings. The topological polar surface area (TPSA) is 69.9 Å². The lowest BCUT2D eigenvalue weighted by atomic mass is 9.91. The molecule has 5 aromatic rings. The van der Waals surface area contributed by atoms with E-state index in [0.717, 1.165) is 22.3 Å². The van der Waals surface area contributed by atoms with E-state index < -0.39 is 12.0 Å². The molecule has 1 atom stereocenters. The first-order valence-corrected chi connectivity index (χ1v) is 16.4. The highest BCUT2D eigenvalue weighted by Crippen LogP contribution is 2.35. The van der Waals surface area contributed by atoms with Crippen LogP contribution in [0.2, 0.25) is 5.02 Å². The molecule has 0 bridgehead atoms. The molecule has 46 heavy (non-hydrogen) atoms. The molecule has 1 aliphatic heterocycles. The number of fused-ring (bicyclic) bond motifs is 1. The fraction of sp³-hybridized carbons (Fsp3) is 0.184. The molecule has 8 heteroatoms. The number of ether oxygens (including phenoxy) is 2. The van der Waals surface area contributed by atoms with Gasteiger partial charge in [-0.2, -0.15) is 0 Å². The van der Waals surface area contributed by atoms with Crippen LogP contribution in [0.5, 0.6) is 5.75 Å². The quantitative estimate of drug-likeness (QED) is 0.157. The molecule has 6 rings (SSSR count). The Morgan fingerprint density at radius 1 is 0.957 bits per heavy atom. The van der Waals surface area contributed by atoms with Crippen LogP contribution >= 0.6 is 22.9 Å². The zero-order chi connectivity index (χ0) is 32.2. The molecular formula is C38H33ClN2O4S. The minimum absolute atomic E-state index is 0.202. The molecule has 0 saturated heterocycles. The van der Waals surface area contributed by atoms with Crippen LogP contribution in [-0.4, -0.2) is 17.1 Å². The smallest absolute Gasteiger partial charge is 0.338 e. The zero-order valence-electron chi connectivity index (χ0n) is 25.8. The molecule has 232 valence electrons. The fourth-order valence-corrected chi connectivity index (χ4v) is 6.50. The summed E-state index contributed by atoms with van der Waals surface area (Å²) in [6, 6.07) is 32.1. The summed E-state index contributed by atoms with van der Waals surface area (Å²) in [5.41, 5.74) is 5.24. The highest BCUT2D eigenvalue weighted by atomic mass is 35.5. The fourth-order valence-electron chi connectivity index (χ4n) is 5.38. The van der Waals surface area contributed by atoms with Gasteiger partial charge in [0, 0.05) is 10.6 Å². The average molecular weight is 649 g/mol. The number of halogens is 1. The maximum atomic E-state index is 14.2. The predicted octanol–water partition coefficient (Wildman–Crippen LogP) is 7.29. The summed E-state index contributed by atoms with van der Waals surface area (Å²) in [6.07, 6.45) is 1.85. The molecule has 0 unspecified atom stereocenters. The minimum Gasteiger partial charge on any atom is -0.489 e. The molecule has 0 spiro atoms. The Bertz CT molecular complexity index is 2060. The first-order valence-electron chi connectivity index (χ1n) is 15.2. The van der Waals surface area contributed by atoms with Crippen LogP contribution in [0.25, 0.3) is 11.8 Å². The van der Waals surface area contributed by atoms with Crippen LogP contribution in [0, 0.1) is 0 Å². The van der Waals surface area contributed by atoms with Crippen LogP contribution in [-0.2, 0) is 16.1 Å². The van der Waals surface area contributed by atoms with Gasteiger partial charge < -0.3 is 9.47 Å². The van der Waals surface area contributed by atoms with Gasteiger partial charge in [0.25, 0.3) is 5.56 Å². The number of aromatic nitrogens is 1. The molecule has 4 aromatic carbocycles. The third kappa shape index (κ3) is 6.62. The van der Waals surface area contributed by atoms with E-state index in [1.807, 2.05) is 97.1 Å². The number of rotatable bonds is 9. The Morgan fingerprint density at radius 3 is 2.30 bits per heavy atom. The number of carbonyl (C=O) groups is 1. The number of carbonyl (C=O) groups excluding carboxylic acids is 1. The normalized spacial score (nSPS) is 14.6. The van der Waals surface area contributed by atoms with E-state index in [2.05, 4.69) is 26.0 Å². The number of benzene rings is 4. The second-order valence-corrected chi connectivity index (χ2v) is 12.7. The second-order valence-electron chi connectivity index (χ2n) is 11.2. The first kappa shape index (κ1) is 31.3. The Kier molecular flexibility index (Phi) is 9.33. The van der Waals surface area contributed by atoms with E-state index in [9.17, 15) is 9.59 Å². The van der Waals surface area contributed by atoms with E-state index in [4.69, 9.17) is 26.1 Å². The summed E-state index contributed by atoms with van der Waals surface area (Å²) >= 11 is 7.29. The van der Waals surface area contributed by atoms with Crippen LogP contribution < -0.4 is 19.6 Å². The van der Waals surface area contributed by atoms with E-state index in [0.29, 0.717) is 43.9 Å². The molecule has 0 amide bonds. The number of hydrogen-bond donors (Lipinski definition) is 0. The Hall–Kier alpha value is -4.72. The van der Waals surface area contributed by atoms with Crippen molar-refractivity contribution in [3.05, 3.63) is 161 Å². The molecule has 0 aliphatic carbocycles. The van der Waals surface area contributed by atoms with Gasteiger partial charge in [-0.05, 0) is 65.4 Å². The molecule has 0 N–H and O–H groups in total. The maximum Gasteiger partial charge on any atom is 0.338 e. The van der Waals surface area contributed by atoms with Crippen molar-refractivity contribution >= 4 is 40.7 Å². The minimum atomic E-state index is -0.711. The molecule has 1 aromatic heterocycles. The average Bonchev–Trinajstić information content (AvgIpc) is 3.38. The third-order valence-electron chi connectivity index (χ3n) is 7.79. The van der Waals surface area contributed by atoms with E-state index in [-0.39, 0.29) is 12.2 Å². The van der Waals surface area contributed by atoms with Gasteiger partial charge in [-0.15, -0.1) is 0 Å². The van der Waals surface area contributed by atoms with Crippen LogP contribution in [0.3, 0.4) is 0 Å². The number of nitrogens with zero attached hydrogens (tertiary/aromatic N) is 2. The van der Waals surface area contributed by atoms with Crippen molar-refractivity contribution in [2.75, 3.05) is 6.61 Å². The lowest BCUT2D eigenvalue weighted by Gasteiger charge is -2.26. The SMILES string of the molecule is CCOC(=O)C1=C(c2ccccc2)N=c2s/c(=C\c3ccc(OCc4ccc(Cl)cc4)cc3)c(=O)n2[C@@H]1c1ccc(C(C)C)cc1. The molecular weight excluding hydrogens is 616 g/mol. The van der Waals surface area contributed by atoms with Gasteiger partial charge in [-0.1, -0.05) is 116 Å². The molecule has 6 nitrogen and oxygen atoms in total. The Morgan fingerprint density at radius 2 is 1.65 bits per heavy atom. The standard InChI is InChI=1S/C38H33ClN2O4S/c1-4-44-37(43)33-34(28-8-6-5-7-9-28)40-38-41(35(33)29-16-14-27(15-17-29)24(2)3)36(42)32(46-38)22-25-12-20-31(21-13-25)45-23-26-10-18-30(39)19-11-26/h5-22,24,35H,4,23H2,1-3H3/b32-22-/t35-/m1/s1. The van der Waals surface area contributed by atoms with Crippen LogP contribution in [0.15, 0.2) is 118 Å². The van der Waals surface area contributed by atoms with Crippen molar-refractivity contribution < 1.29 is 14.3 Å². The number of hydrogen-bond acceptors (Lipinski definition) is 6. The van der Waals surface area contributed by atoms with Crippen LogP contribution in [0.1, 0.15) is 60.5 Å². The predicted molar refractivity (Wildman–Crippen MR) is 184 cm³/mol. The maximum absolute atomic E-state index is 14.2. The third-order valence-corrected chi connectivity index (χ3v) is 9.02. The summed E-state index contributed by atoms with van der Waals surface area (Å²) in [4.78, 5) is 33.3. The van der Waals surface area contributed by atoms with E-state index in [1.165, 1.54) is 16.9 Å². The van der Waals surface area contributed by atoms with Gasteiger partial charge in [-0.3, -0.25) is 9.36 Å². The van der Waals surface area contributed by atoms with Gasteiger partial charge in [-0.25, -0.2) is 9.79 Å². The van der Waals surface area contributed by atoms with Crippen molar-refractivity contribution in [1.29, 1.82) is 0 Å². The highest BCUT2D eigenvalue weighted by molar-refractivity contribution is 7.07. The molecule has 2 heterocycles. The lowest BCUT2D eigenvalue weighted by Crippen LogP contribution is -2.40. The monoisotopic (exact) mass is 648 g/mol. The first-order chi connectivity index (χ1) is 22.3. The summed E-state index contributed by atoms with van der Waals surface area (Å²) in [7, 11) is 0. The number of esters is 1. The summed E-state index contributed by atoms with van der Waals surface area (Å²) in [5.74, 6) is 0.557. The van der Waals surface area contributed by atoms with Gasteiger partial charge in [0.15, 0.2) is 4.80 Å². The summed E-state index contributed by atoms with van der Waals surface area (Å²) in [6.45, 7) is 6.66. The van der Waals surface area contributed by atoms with Crippen molar-refractivity contribution in [3.8, 4) is 5.75 Å². The second kappa shape index (κ2) is 13.7. The molecule has 1 aliphatic rings. The Labute approximate surface area is 276 Å². The van der Waals surface area contributed by atoms with Gasteiger partial charge in [0.1, 0.15) is 12.4 Å². The summed E-state index contributed by atoms with van der Waals surface area (Å²) in [5, 5.41) is 0.683. The van der Waals surface area contributed by atoms with Gasteiger partial charge >= 0.3 is 5.97 Å². The lowest BCUT2D eigenvalue weighted by molar-refractivity contribution is -0.138. The van der Waals surface area contributed by atoms with Crippen molar-refractivity contribution in [3.63, 3.8) is 0 Å². The van der Waals surface area contributed by atoms with Crippen molar-refractivity contribution in [2.24, 2.45) is 4.99 Å². The van der Waals surface area contributed by atoms with Crippen LogP contribution in [0.4, 0.5) is 0 Å². The summed E-state index contributed by atoms with van der Waals surface area (Å²) < 4.78 is 13.6. The van der Waals surface area contributed by atoms with Crippen molar-refractivity contribution in [1.82, 2.24) is 4.57 Å². The zero-order valence-corrected chi connectivity index (χ0v) is 27.3. The number of thiazole rings is 1. The van der Waals surface area contributed by atoms with E-state index >= 15 is 0 Å². The largest absolute Gasteiger partial charge is 0.489 e.